The summed E-state index contributed by atoms with van der Waals surface area (Å²) in [6, 6.07) is 3.47. The summed E-state index contributed by atoms with van der Waals surface area (Å²) < 4.78 is 11.0. The van der Waals surface area contributed by atoms with Gasteiger partial charge in [0.1, 0.15) is 0 Å². The van der Waals surface area contributed by atoms with Crippen molar-refractivity contribution in [1.29, 1.82) is 0 Å². The molecule has 0 aliphatic rings. The van der Waals surface area contributed by atoms with Crippen LogP contribution >= 0.6 is 11.6 Å². The number of carbonyl (C=O) groups is 2. The van der Waals surface area contributed by atoms with Gasteiger partial charge in [0.2, 0.25) is 0 Å². The minimum absolute atomic E-state index is 0.0461. The SMILES string of the molecule is CC(CCS(C)=O)NC(=O)Nc1ccc(C(=O)O)cc1Cl. The van der Waals surface area contributed by atoms with Crippen LogP contribution in [0.1, 0.15) is 23.7 Å². The van der Waals surface area contributed by atoms with E-state index in [0.717, 1.165) is 0 Å². The number of urea groups is 1. The highest BCUT2D eigenvalue weighted by molar-refractivity contribution is 7.84. The third kappa shape index (κ3) is 6.14. The number of carbonyl (C=O) groups excluding carboxylic acids is 1. The number of anilines is 1. The van der Waals surface area contributed by atoms with Crippen LogP contribution in [0.5, 0.6) is 0 Å². The second kappa shape index (κ2) is 7.99. The Hall–Kier alpha value is -1.60. The maximum absolute atomic E-state index is 11.8. The minimum atomic E-state index is -1.09. The number of halogens is 1. The van der Waals surface area contributed by atoms with E-state index in [-0.39, 0.29) is 16.6 Å². The predicted octanol–water partition coefficient (Wildman–Crippen LogP) is 2.32. The summed E-state index contributed by atoms with van der Waals surface area (Å²) in [4.78, 5) is 22.5. The summed E-state index contributed by atoms with van der Waals surface area (Å²) in [6.07, 6.45) is 2.21. The fourth-order valence-corrected chi connectivity index (χ4v) is 2.46. The van der Waals surface area contributed by atoms with Crippen molar-refractivity contribution >= 4 is 40.1 Å². The molecule has 1 rings (SSSR count). The fraction of sp³-hybridized carbons (Fsp3) is 0.385. The lowest BCUT2D eigenvalue weighted by Crippen LogP contribution is -2.36. The highest BCUT2D eigenvalue weighted by Crippen LogP contribution is 2.23. The molecule has 0 aliphatic carbocycles. The van der Waals surface area contributed by atoms with Crippen molar-refractivity contribution in [2.45, 2.75) is 19.4 Å². The number of aromatic carboxylic acids is 1. The number of amides is 2. The molecule has 2 amide bonds. The molecule has 116 valence electrons. The second-order valence-electron chi connectivity index (χ2n) is 4.57. The van der Waals surface area contributed by atoms with Crippen molar-refractivity contribution < 1.29 is 18.9 Å². The van der Waals surface area contributed by atoms with Crippen molar-refractivity contribution in [2.24, 2.45) is 0 Å². The zero-order valence-corrected chi connectivity index (χ0v) is 13.3. The summed E-state index contributed by atoms with van der Waals surface area (Å²) in [5, 5.41) is 14.2. The molecule has 8 heteroatoms. The Morgan fingerprint density at radius 3 is 2.62 bits per heavy atom. The zero-order valence-electron chi connectivity index (χ0n) is 11.7. The van der Waals surface area contributed by atoms with E-state index >= 15 is 0 Å². The Bertz CT molecular complexity index is 565. The van der Waals surface area contributed by atoms with Gasteiger partial charge in [-0.05, 0) is 31.5 Å². The Labute approximate surface area is 130 Å². The lowest BCUT2D eigenvalue weighted by atomic mass is 10.2. The normalized spacial score (nSPS) is 13.3. The number of carboxylic acid groups (broad SMARTS) is 1. The Kier molecular flexibility index (Phi) is 6.64. The largest absolute Gasteiger partial charge is 0.478 e. The van der Waals surface area contributed by atoms with Gasteiger partial charge in [-0.25, -0.2) is 9.59 Å². The van der Waals surface area contributed by atoms with E-state index < -0.39 is 22.8 Å². The number of rotatable bonds is 6. The lowest BCUT2D eigenvalue weighted by molar-refractivity contribution is 0.0697. The predicted molar refractivity (Wildman–Crippen MR) is 83.6 cm³/mol. The number of carboxylic acids is 1. The van der Waals surface area contributed by atoms with E-state index in [1.807, 2.05) is 6.92 Å². The summed E-state index contributed by atoms with van der Waals surface area (Å²) in [7, 11) is -0.898. The molecule has 0 fully saturated rings. The molecule has 1 aromatic rings. The molecule has 0 radical (unpaired) electrons. The van der Waals surface area contributed by atoms with E-state index in [4.69, 9.17) is 16.7 Å². The fourth-order valence-electron chi connectivity index (χ4n) is 1.55. The van der Waals surface area contributed by atoms with Gasteiger partial charge in [-0.3, -0.25) is 4.21 Å². The number of nitrogens with one attached hydrogen (secondary N) is 2. The number of hydrogen-bond donors (Lipinski definition) is 3. The third-order valence-electron chi connectivity index (χ3n) is 2.68. The van der Waals surface area contributed by atoms with Gasteiger partial charge in [0.05, 0.1) is 16.3 Å². The van der Waals surface area contributed by atoms with Gasteiger partial charge in [-0.1, -0.05) is 11.6 Å². The molecule has 2 atom stereocenters. The molecule has 0 bridgehead atoms. The van der Waals surface area contributed by atoms with Gasteiger partial charge in [0.15, 0.2) is 0 Å². The van der Waals surface area contributed by atoms with Crippen molar-refractivity contribution in [3.63, 3.8) is 0 Å². The van der Waals surface area contributed by atoms with Crippen molar-refractivity contribution in [3.05, 3.63) is 28.8 Å². The number of hydrogen-bond acceptors (Lipinski definition) is 3. The molecule has 3 N–H and O–H groups in total. The van der Waals surface area contributed by atoms with E-state index in [0.29, 0.717) is 17.9 Å². The summed E-state index contributed by atoms with van der Waals surface area (Å²) >= 11 is 5.91. The molecule has 6 nitrogen and oxygen atoms in total. The van der Waals surface area contributed by atoms with Crippen LogP contribution in [0.3, 0.4) is 0 Å². The van der Waals surface area contributed by atoms with Crippen molar-refractivity contribution in [3.8, 4) is 0 Å². The summed E-state index contributed by atoms with van der Waals surface area (Å²) in [5.74, 6) is -0.579. The van der Waals surface area contributed by atoms with Crippen LogP contribution in [0.2, 0.25) is 5.02 Å². The topological polar surface area (TPSA) is 95.5 Å². The molecule has 0 aromatic heterocycles. The van der Waals surface area contributed by atoms with Crippen LogP contribution in [-0.4, -0.2) is 39.4 Å². The van der Waals surface area contributed by atoms with Gasteiger partial charge in [-0.2, -0.15) is 0 Å². The molecule has 2 unspecified atom stereocenters. The summed E-state index contributed by atoms with van der Waals surface area (Å²) in [5.41, 5.74) is 0.371. The third-order valence-corrected chi connectivity index (χ3v) is 3.80. The van der Waals surface area contributed by atoms with Gasteiger partial charge in [0, 0.05) is 28.9 Å². The van der Waals surface area contributed by atoms with Crippen LogP contribution in [0.15, 0.2) is 18.2 Å². The minimum Gasteiger partial charge on any atom is -0.478 e. The smallest absolute Gasteiger partial charge is 0.335 e. The van der Waals surface area contributed by atoms with Crippen molar-refractivity contribution in [1.82, 2.24) is 5.32 Å². The molecule has 0 heterocycles. The van der Waals surface area contributed by atoms with Crippen LogP contribution in [0.4, 0.5) is 10.5 Å². The zero-order chi connectivity index (χ0) is 16.0. The molecular weight excluding hydrogens is 316 g/mol. The molecule has 0 spiro atoms. The highest BCUT2D eigenvalue weighted by atomic mass is 35.5. The second-order valence-corrected chi connectivity index (χ2v) is 6.53. The quantitative estimate of drug-likeness (QED) is 0.745. The lowest BCUT2D eigenvalue weighted by Gasteiger charge is -2.14. The highest BCUT2D eigenvalue weighted by Gasteiger charge is 2.11. The molecule has 0 aliphatic heterocycles. The van der Waals surface area contributed by atoms with Gasteiger partial charge >= 0.3 is 12.0 Å². The first-order valence-electron chi connectivity index (χ1n) is 6.20. The maximum atomic E-state index is 11.8. The first kappa shape index (κ1) is 17.5. The Balaban J connectivity index is 2.58. The molecule has 0 saturated carbocycles. The van der Waals surface area contributed by atoms with Gasteiger partial charge in [0.25, 0.3) is 0 Å². The maximum Gasteiger partial charge on any atom is 0.335 e. The first-order chi connectivity index (χ1) is 9.79. The standard InChI is InChI=1S/C13H17ClN2O4S/c1-8(5-6-21(2)20)15-13(19)16-11-4-3-9(12(17)18)7-10(11)14/h3-4,7-8H,5-6H2,1-2H3,(H,17,18)(H2,15,16,19). The summed E-state index contributed by atoms with van der Waals surface area (Å²) in [6.45, 7) is 1.81. The van der Waals surface area contributed by atoms with Gasteiger partial charge < -0.3 is 15.7 Å². The molecule has 21 heavy (non-hydrogen) atoms. The Morgan fingerprint density at radius 1 is 1.43 bits per heavy atom. The van der Waals surface area contributed by atoms with Crippen molar-refractivity contribution in [2.75, 3.05) is 17.3 Å². The Morgan fingerprint density at radius 2 is 2.10 bits per heavy atom. The van der Waals surface area contributed by atoms with E-state index in [2.05, 4.69) is 10.6 Å². The first-order valence-corrected chi connectivity index (χ1v) is 8.30. The van der Waals surface area contributed by atoms with Crippen LogP contribution in [0, 0.1) is 0 Å². The average Bonchev–Trinajstić information content (AvgIpc) is 2.38. The van der Waals surface area contributed by atoms with Gasteiger partial charge in [-0.15, -0.1) is 0 Å². The monoisotopic (exact) mass is 332 g/mol. The molecule has 1 aromatic carbocycles. The van der Waals surface area contributed by atoms with E-state index in [9.17, 15) is 13.8 Å². The molecular formula is C13H17ClN2O4S. The van der Waals surface area contributed by atoms with Crippen LogP contribution < -0.4 is 10.6 Å². The van der Waals surface area contributed by atoms with Crippen LogP contribution in [-0.2, 0) is 10.8 Å². The van der Waals surface area contributed by atoms with Crippen LogP contribution in [0.25, 0.3) is 0 Å². The van der Waals surface area contributed by atoms with E-state index in [1.165, 1.54) is 18.2 Å². The number of benzene rings is 1. The van der Waals surface area contributed by atoms with E-state index in [1.54, 1.807) is 6.26 Å². The molecule has 0 saturated heterocycles. The average molecular weight is 333 g/mol.